The van der Waals surface area contributed by atoms with E-state index in [4.69, 9.17) is 15.2 Å². The second-order valence-electron chi connectivity index (χ2n) is 4.01. The van der Waals surface area contributed by atoms with Crippen molar-refractivity contribution < 1.29 is 14.3 Å². The van der Waals surface area contributed by atoms with Gasteiger partial charge in [0.1, 0.15) is 4.88 Å². The Morgan fingerprint density at radius 2 is 2.23 bits per heavy atom. The van der Waals surface area contributed by atoms with Crippen molar-refractivity contribution in [3.05, 3.63) is 46.2 Å². The van der Waals surface area contributed by atoms with Crippen LogP contribution in [0.4, 0.5) is 0 Å². The predicted molar refractivity (Wildman–Crippen MR) is 89.8 cm³/mol. The Morgan fingerprint density at radius 1 is 1.41 bits per heavy atom. The van der Waals surface area contributed by atoms with Crippen molar-refractivity contribution in [3.63, 3.8) is 0 Å². The van der Waals surface area contributed by atoms with Crippen molar-refractivity contribution in [2.45, 2.75) is 0 Å². The van der Waals surface area contributed by atoms with Crippen LogP contribution in [0.25, 0.3) is 0 Å². The summed E-state index contributed by atoms with van der Waals surface area (Å²) >= 11 is 5.95. The highest BCUT2D eigenvalue weighted by Crippen LogP contribution is 2.28. The molecule has 114 valence electrons. The first-order chi connectivity index (χ1) is 10.6. The van der Waals surface area contributed by atoms with Gasteiger partial charge in [-0.05, 0) is 47.4 Å². The number of carbonyl (C=O) groups excluding carboxylic acids is 1. The Balaban J connectivity index is 2.14. The second kappa shape index (κ2) is 7.53. The average Bonchev–Trinajstić information content (AvgIpc) is 3.02. The molecule has 8 heteroatoms. The molecular weight excluding hydrogens is 322 g/mol. The van der Waals surface area contributed by atoms with Gasteiger partial charge in [0.25, 0.3) is 0 Å². The Morgan fingerprint density at radius 3 is 2.86 bits per heavy atom. The second-order valence-corrected chi connectivity index (χ2v) is 5.40. The van der Waals surface area contributed by atoms with Gasteiger partial charge in [0.2, 0.25) is 0 Å². The number of carbonyl (C=O) groups is 1. The minimum Gasteiger partial charge on any atom is -0.493 e. The smallest absolute Gasteiger partial charge is 0.353 e. The van der Waals surface area contributed by atoms with E-state index in [-0.39, 0.29) is 5.11 Å². The Labute approximate surface area is 136 Å². The molecular formula is C14H13N3O3S2. The summed E-state index contributed by atoms with van der Waals surface area (Å²) in [6, 6.07) is 8.52. The Bertz CT molecular complexity index is 699. The van der Waals surface area contributed by atoms with Gasteiger partial charge in [0.05, 0.1) is 13.3 Å². The number of thiocarbonyl (C=S) groups is 1. The topological polar surface area (TPSA) is 85.9 Å². The van der Waals surface area contributed by atoms with Crippen LogP contribution in [0.2, 0.25) is 0 Å². The molecule has 0 saturated heterocycles. The normalized spacial score (nSPS) is 10.4. The van der Waals surface area contributed by atoms with Crippen LogP contribution in [0, 0.1) is 0 Å². The molecule has 6 nitrogen and oxygen atoms in total. The lowest BCUT2D eigenvalue weighted by Crippen LogP contribution is -2.23. The quantitative estimate of drug-likeness (QED) is 0.286. The van der Waals surface area contributed by atoms with Gasteiger partial charge in [-0.3, -0.25) is 5.43 Å². The first kappa shape index (κ1) is 15.9. The predicted octanol–water partition coefficient (Wildman–Crippen LogP) is 2.14. The van der Waals surface area contributed by atoms with Crippen molar-refractivity contribution in [2.24, 2.45) is 10.8 Å². The zero-order valence-electron chi connectivity index (χ0n) is 11.6. The standard InChI is InChI=1S/C14H13N3O3S2/c1-19-11-7-9(8-16-17-14(15)21)4-5-10(11)20-13(18)12-3-2-6-22-12/h2-8H,1H3,(H3,15,17,21). The minimum atomic E-state index is -0.426. The number of esters is 1. The van der Waals surface area contributed by atoms with Gasteiger partial charge in [0, 0.05) is 0 Å². The molecule has 0 aliphatic carbocycles. The Hall–Kier alpha value is -2.45. The first-order valence-corrected chi connectivity index (χ1v) is 7.41. The zero-order chi connectivity index (χ0) is 15.9. The van der Waals surface area contributed by atoms with Crippen LogP contribution in [0.5, 0.6) is 11.5 Å². The fraction of sp³-hybridized carbons (Fsp3) is 0.0714. The number of nitrogens with two attached hydrogens (primary N) is 1. The number of hydrogen-bond donors (Lipinski definition) is 2. The minimum absolute atomic E-state index is 0.0738. The number of rotatable bonds is 5. The van der Waals surface area contributed by atoms with Crippen LogP contribution in [-0.4, -0.2) is 24.4 Å². The third-order valence-electron chi connectivity index (χ3n) is 2.50. The summed E-state index contributed by atoms with van der Waals surface area (Å²) in [5.74, 6) is 0.328. The molecule has 0 saturated carbocycles. The molecule has 0 bridgehead atoms. The summed E-state index contributed by atoms with van der Waals surface area (Å²) in [6.07, 6.45) is 1.52. The number of thiophene rings is 1. The summed E-state index contributed by atoms with van der Waals surface area (Å²) in [5, 5.41) is 5.73. The molecule has 0 radical (unpaired) electrons. The zero-order valence-corrected chi connectivity index (χ0v) is 13.2. The third kappa shape index (κ3) is 4.27. The lowest BCUT2D eigenvalue weighted by molar-refractivity contribution is 0.0735. The van der Waals surface area contributed by atoms with Crippen LogP contribution < -0.4 is 20.6 Å². The van der Waals surface area contributed by atoms with Crippen LogP contribution in [0.15, 0.2) is 40.8 Å². The van der Waals surface area contributed by atoms with Gasteiger partial charge in [-0.2, -0.15) is 5.10 Å². The summed E-state index contributed by atoms with van der Waals surface area (Å²) in [6.45, 7) is 0. The molecule has 0 atom stereocenters. The van der Waals surface area contributed by atoms with Gasteiger partial charge >= 0.3 is 5.97 Å². The molecule has 0 spiro atoms. The van der Waals surface area contributed by atoms with E-state index >= 15 is 0 Å². The van der Waals surface area contributed by atoms with Crippen molar-refractivity contribution in [1.29, 1.82) is 0 Å². The van der Waals surface area contributed by atoms with E-state index in [1.165, 1.54) is 24.7 Å². The highest BCUT2D eigenvalue weighted by Gasteiger charge is 2.13. The lowest BCUT2D eigenvalue weighted by Gasteiger charge is -2.09. The number of methoxy groups -OCH3 is 1. The molecule has 2 rings (SSSR count). The van der Waals surface area contributed by atoms with Gasteiger partial charge in [-0.1, -0.05) is 6.07 Å². The maximum Gasteiger partial charge on any atom is 0.353 e. The van der Waals surface area contributed by atoms with E-state index in [9.17, 15) is 4.79 Å². The number of nitrogens with zero attached hydrogens (tertiary/aromatic N) is 1. The summed E-state index contributed by atoms with van der Waals surface area (Å²) in [5.41, 5.74) is 8.45. The van der Waals surface area contributed by atoms with Crippen LogP contribution in [0.1, 0.15) is 15.2 Å². The number of ether oxygens (including phenoxy) is 2. The number of hydrazone groups is 1. The highest BCUT2D eigenvalue weighted by atomic mass is 32.1. The molecule has 0 fully saturated rings. The number of benzene rings is 1. The van der Waals surface area contributed by atoms with Crippen LogP contribution in [0.3, 0.4) is 0 Å². The molecule has 3 N–H and O–H groups in total. The largest absolute Gasteiger partial charge is 0.493 e. The first-order valence-electron chi connectivity index (χ1n) is 6.12. The number of nitrogens with one attached hydrogen (secondary N) is 1. The summed E-state index contributed by atoms with van der Waals surface area (Å²) in [4.78, 5) is 12.5. The fourth-order valence-corrected chi connectivity index (χ4v) is 2.22. The molecule has 1 heterocycles. The fourth-order valence-electron chi connectivity index (χ4n) is 1.56. The number of hydrogen-bond acceptors (Lipinski definition) is 6. The molecule has 0 unspecified atom stereocenters. The molecule has 2 aromatic rings. The SMILES string of the molecule is COc1cc(C=NNC(N)=S)ccc1OC(=O)c1cccs1. The molecule has 1 aromatic heterocycles. The van der Waals surface area contributed by atoms with E-state index in [1.807, 2.05) is 5.38 Å². The van der Waals surface area contributed by atoms with Crippen molar-refractivity contribution >= 4 is 40.9 Å². The van der Waals surface area contributed by atoms with Crippen molar-refractivity contribution in [3.8, 4) is 11.5 Å². The lowest BCUT2D eigenvalue weighted by atomic mass is 10.2. The highest BCUT2D eigenvalue weighted by molar-refractivity contribution is 7.80. The van der Waals surface area contributed by atoms with E-state index < -0.39 is 5.97 Å². The van der Waals surface area contributed by atoms with Gasteiger partial charge in [-0.25, -0.2) is 4.79 Å². The summed E-state index contributed by atoms with van der Waals surface area (Å²) < 4.78 is 10.5. The molecule has 22 heavy (non-hydrogen) atoms. The van der Waals surface area contributed by atoms with Gasteiger partial charge < -0.3 is 15.2 Å². The van der Waals surface area contributed by atoms with Crippen LogP contribution >= 0.6 is 23.6 Å². The molecule has 1 aromatic carbocycles. The van der Waals surface area contributed by atoms with E-state index in [0.29, 0.717) is 16.4 Å². The third-order valence-corrected chi connectivity index (χ3v) is 3.44. The van der Waals surface area contributed by atoms with Gasteiger partial charge in [-0.15, -0.1) is 11.3 Å². The van der Waals surface area contributed by atoms with E-state index in [1.54, 1.807) is 30.3 Å². The van der Waals surface area contributed by atoms with Crippen LogP contribution in [-0.2, 0) is 0 Å². The maximum absolute atomic E-state index is 11.9. The van der Waals surface area contributed by atoms with E-state index in [2.05, 4.69) is 22.7 Å². The molecule has 0 aliphatic heterocycles. The monoisotopic (exact) mass is 335 g/mol. The summed E-state index contributed by atoms with van der Waals surface area (Å²) in [7, 11) is 1.49. The van der Waals surface area contributed by atoms with E-state index in [0.717, 1.165) is 5.56 Å². The van der Waals surface area contributed by atoms with Crippen molar-refractivity contribution in [2.75, 3.05) is 7.11 Å². The van der Waals surface area contributed by atoms with Gasteiger partial charge in [0.15, 0.2) is 16.6 Å². The molecule has 0 amide bonds. The van der Waals surface area contributed by atoms with Crippen molar-refractivity contribution in [1.82, 2.24) is 5.43 Å². The Kier molecular flexibility index (Phi) is 5.45. The molecule has 0 aliphatic rings. The maximum atomic E-state index is 11.9. The average molecular weight is 335 g/mol.